The minimum atomic E-state index is -0.336. The fourth-order valence-corrected chi connectivity index (χ4v) is 1.98. The third-order valence-electron chi connectivity index (χ3n) is 2.99. The van der Waals surface area contributed by atoms with Crippen LogP contribution in [0.25, 0.3) is 11.1 Å². The summed E-state index contributed by atoms with van der Waals surface area (Å²) < 4.78 is 18.6. The highest BCUT2D eigenvalue weighted by Crippen LogP contribution is 2.26. The van der Waals surface area contributed by atoms with Crippen molar-refractivity contribution in [2.45, 2.75) is 13.5 Å². The number of halogens is 1. The first kappa shape index (κ1) is 13.6. The Morgan fingerprint density at radius 3 is 2.58 bits per heavy atom. The molecule has 0 atom stereocenters. The Bertz CT molecular complexity index is 554. The van der Waals surface area contributed by atoms with Crippen molar-refractivity contribution in [3.8, 4) is 16.9 Å². The van der Waals surface area contributed by atoms with Crippen LogP contribution in [-0.4, -0.2) is 13.7 Å². The minimum absolute atomic E-state index is 0.271. The van der Waals surface area contributed by atoms with Gasteiger partial charge in [0.15, 0.2) is 11.6 Å². The van der Waals surface area contributed by atoms with E-state index in [9.17, 15) is 4.39 Å². The molecule has 2 rings (SSSR count). The summed E-state index contributed by atoms with van der Waals surface area (Å²) >= 11 is 0. The first-order valence-corrected chi connectivity index (χ1v) is 6.38. The van der Waals surface area contributed by atoms with E-state index in [0.29, 0.717) is 0 Å². The van der Waals surface area contributed by atoms with E-state index in [0.717, 1.165) is 24.2 Å². The highest BCUT2D eigenvalue weighted by Gasteiger charge is 2.05. The predicted molar refractivity (Wildman–Crippen MR) is 75.8 cm³/mol. The quantitative estimate of drug-likeness (QED) is 0.885. The van der Waals surface area contributed by atoms with Crippen molar-refractivity contribution in [1.29, 1.82) is 0 Å². The van der Waals surface area contributed by atoms with Gasteiger partial charge in [0.1, 0.15) is 0 Å². The van der Waals surface area contributed by atoms with E-state index in [-0.39, 0.29) is 11.6 Å². The van der Waals surface area contributed by atoms with Crippen molar-refractivity contribution in [3.05, 3.63) is 53.8 Å². The molecule has 2 aromatic rings. The predicted octanol–water partition coefficient (Wildman–Crippen LogP) is 3.61. The van der Waals surface area contributed by atoms with Crippen molar-refractivity contribution in [2.24, 2.45) is 0 Å². The summed E-state index contributed by atoms with van der Waals surface area (Å²) in [7, 11) is 1.47. The van der Waals surface area contributed by atoms with Gasteiger partial charge in [0, 0.05) is 6.54 Å². The van der Waals surface area contributed by atoms with Crippen LogP contribution in [0.4, 0.5) is 4.39 Å². The fourth-order valence-electron chi connectivity index (χ4n) is 1.98. The van der Waals surface area contributed by atoms with Gasteiger partial charge < -0.3 is 10.1 Å². The molecule has 0 bridgehead atoms. The number of benzene rings is 2. The smallest absolute Gasteiger partial charge is 0.165 e. The third-order valence-corrected chi connectivity index (χ3v) is 2.99. The summed E-state index contributed by atoms with van der Waals surface area (Å²) in [6.45, 7) is 3.83. The van der Waals surface area contributed by atoms with Crippen LogP contribution in [-0.2, 0) is 6.54 Å². The Morgan fingerprint density at radius 1 is 1.11 bits per heavy atom. The van der Waals surface area contributed by atoms with Crippen molar-refractivity contribution in [1.82, 2.24) is 5.32 Å². The monoisotopic (exact) mass is 259 g/mol. The van der Waals surface area contributed by atoms with Gasteiger partial charge in [0.05, 0.1) is 7.11 Å². The first-order valence-electron chi connectivity index (χ1n) is 6.38. The Kier molecular flexibility index (Phi) is 4.53. The molecule has 0 heterocycles. The Labute approximate surface area is 113 Å². The molecule has 19 heavy (non-hydrogen) atoms. The largest absolute Gasteiger partial charge is 0.494 e. The van der Waals surface area contributed by atoms with E-state index in [2.05, 4.69) is 24.4 Å². The standard InChI is InChI=1S/C16H18FNO/c1-3-18-11-12-5-4-6-13(9-12)14-7-8-16(19-2)15(17)10-14/h4-10,18H,3,11H2,1-2H3. The van der Waals surface area contributed by atoms with E-state index in [4.69, 9.17) is 4.74 Å². The van der Waals surface area contributed by atoms with Crippen LogP contribution in [0.2, 0.25) is 0 Å². The van der Waals surface area contributed by atoms with Crippen LogP contribution < -0.4 is 10.1 Å². The molecule has 0 radical (unpaired) electrons. The molecule has 0 amide bonds. The molecular formula is C16H18FNO. The molecule has 100 valence electrons. The molecule has 0 fully saturated rings. The Hall–Kier alpha value is -1.87. The molecule has 0 unspecified atom stereocenters. The van der Waals surface area contributed by atoms with Gasteiger partial charge in [-0.3, -0.25) is 0 Å². The molecule has 0 aliphatic carbocycles. The number of ether oxygens (including phenoxy) is 1. The van der Waals surface area contributed by atoms with Crippen LogP contribution in [0.15, 0.2) is 42.5 Å². The molecule has 0 aliphatic rings. The number of rotatable bonds is 5. The van der Waals surface area contributed by atoms with Gasteiger partial charge in [-0.2, -0.15) is 0 Å². The summed E-state index contributed by atoms with van der Waals surface area (Å²) in [6.07, 6.45) is 0. The first-order chi connectivity index (χ1) is 9.24. The molecule has 0 spiro atoms. The van der Waals surface area contributed by atoms with E-state index >= 15 is 0 Å². The zero-order valence-electron chi connectivity index (χ0n) is 11.2. The maximum absolute atomic E-state index is 13.7. The fraction of sp³-hybridized carbons (Fsp3) is 0.250. The molecule has 0 saturated carbocycles. The van der Waals surface area contributed by atoms with E-state index in [1.54, 1.807) is 6.07 Å². The summed E-state index contributed by atoms with van der Waals surface area (Å²) in [6, 6.07) is 13.1. The third kappa shape index (κ3) is 3.32. The summed E-state index contributed by atoms with van der Waals surface area (Å²) in [5.74, 6) is -0.0651. The second-order valence-corrected chi connectivity index (χ2v) is 4.33. The van der Waals surface area contributed by atoms with Crippen LogP contribution in [0, 0.1) is 5.82 Å². The average molecular weight is 259 g/mol. The van der Waals surface area contributed by atoms with Crippen molar-refractivity contribution >= 4 is 0 Å². The Morgan fingerprint density at radius 2 is 1.89 bits per heavy atom. The van der Waals surface area contributed by atoms with Gasteiger partial charge in [-0.05, 0) is 41.4 Å². The molecular weight excluding hydrogens is 241 g/mol. The lowest BCUT2D eigenvalue weighted by Crippen LogP contribution is -2.11. The Balaban J connectivity index is 2.28. The number of hydrogen-bond acceptors (Lipinski definition) is 2. The van der Waals surface area contributed by atoms with Gasteiger partial charge in [-0.25, -0.2) is 4.39 Å². The van der Waals surface area contributed by atoms with Gasteiger partial charge >= 0.3 is 0 Å². The normalized spacial score (nSPS) is 10.5. The maximum atomic E-state index is 13.7. The number of nitrogens with one attached hydrogen (secondary N) is 1. The van der Waals surface area contributed by atoms with E-state index in [1.165, 1.54) is 18.7 Å². The average Bonchev–Trinajstić information content (AvgIpc) is 2.45. The molecule has 2 nitrogen and oxygen atoms in total. The highest BCUT2D eigenvalue weighted by atomic mass is 19.1. The zero-order valence-corrected chi connectivity index (χ0v) is 11.2. The van der Waals surface area contributed by atoms with Crippen LogP contribution in [0.1, 0.15) is 12.5 Å². The maximum Gasteiger partial charge on any atom is 0.165 e. The van der Waals surface area contributed by atoms with Crippen molar-refractivity contribution < 1.29 is 9.13 Å². The summed E-state index contributed by atoms with van der Waals surface area (Å²) in [4.78, 5) is 0. The topological polar surface area (TPSA) is 21.3 Å². The molecule has 0 aromatic heterocycles. The van der Waals surface area contributed by atoms with Crippen LogP contribution in [0.5, 0.6) is 5.75 Å². The van der Waals surface area contributed by atoms with Gasteiger partial charge in [-0.15, -0.1) is 0 Å². The molecule has 2 aromatic carbocycles. The number of methoxy groups -OCH3 is 1. The van der Waals surface area contributed by atoms with Gasteiger partial charge in [0.2, 0.25) is 0 Å². The molecule has 1 N–H and O–H groups in total. The van der Waals surface area contributed by atoms with Crippen molar-refractivity contribution in [3.63, 3.8) is 0 Å². The van der Waals surface area contributed by atoms with Gasteiger partial charge in [-0.1, -0.05) is 31.2 Å². The lowest BCUT2D eigenvalue weighted by Gasteiger charge is -2.08. The second-order valence-electron chi connectivity index (χ2n) is 4.33. The summed E-state index contributed by atoms with van der Waals surface area (Å²) in [5, 5.41) is 3.28. The van der Waals surface area contributed by atoms with E-state index < -0.39 is 0 Å². The second kappa shape index (κ2) is 6.34. The molecule has 0 saturated heterocycles. The molecule has 0 aliphatic heterocycles. The minimum Gasteiger partial charge on any atom is -0.494 e. The number of hydrogen-bond donors (Lipinski definition) is 1. The van der Waals surface area contributed by atoms with Crippen LogP contribution in [0.3, 0.4) is 0 Å². The van der Waals surface area contributed by atoms with Crippen molar-refractivity contribution in [2.75, 3.05) is 13.7 Å². The highest BCUT2D eigenvalue weighted by molar-refractivity contribution is 5.65. The van der Waals surface area contributed by atoms with Gasteiger partial charge in [0.25, 0.3) is 0 Å². The zero-order chi connectivity index (χ0) is 13.7. The van der Waals surface area contributed by atoms with E-state index in [1.807, 2.05) is 18.2 Å². The lowest BCUT2D eigenvalue weighted by molar-refractivity contribution is 0.386. The SMILES string of the molecule is CCNCc1cccc(-c2ccc(OC)c(F)c2)c1. The summed E-state index contributed by atoms with van der Waals surface area (Å²) in [5.41, 5.74) is 3.06. The van der Waals surface area contributed by atoms with Crippen LogP contribution >= 0.6 is 0 Å². The lowest BCUT2D eigenvalue weighted by atomic mass is 10.0. The molecule has 3 heteroatoms.